The number of para-hydroxylation sites is 1. The van der Waals surface area contributed by atoms with E-state index in [1.807, 2.05) is 61.5 Å². The second-order valence-corrected chi connectivity index (χ2v) is 7.20. The molecule has 0 aliphatic carbocycles. The Morgan fingerprint density at radius 3 is 2.28 bits per heavy atom. The van der Waals surface area contributed by atoms with Crippen LogP contribution >= 0.6 is 0 Å². The summed E-state index contributed by atoms with van der Waals surface area (Å²) < 4.78 is 0. The lowest BCUT2D eigenvalue weighted by Gasteiger charge is -2.16. The van der Waals surface area contributed by atoms with Gasteiger partial charge in [-0.25, -0.2) is 0 Å². The summed E-state index contributed by atoms with van der Waals surface area (Å²) in [4.78, 5) is 17.5. The number of nitrogens with zero attached hydrogens (tertiary/aromatic N) is 1. The van der Waals surface area contributed by atoms with Crippen molar-refractivity contribution in [3.63, 3.8) is 0 Å². The molecule has 0 spiro atoms. The maximum Gasteiger partial charge on any atom is 0.224 e. The first-order valence-electron chi connectivity index (χ1n) is 9.96. The van der Waals surface area contributed by atoms with Gasteiger partial charge in [-0.3, -0.25) is 9.78 Å². The molecule has 3 nitrogen and oxygen atoms in total. The van der Waals surface area contributed by atoms with E-state index in [0.29, 0.717) is 13.0 Å². The number of amides is 1. The summed E-state index contributed by atoms with van der Waals surface area (Å²) in [7, 11) is 0. The summed E-state index contributed by atoms with van der Waals surface area (Å²) in [6, 6.07) is 28.6. The molecular weight excluding hydrogens is 356 g/mol. The Kier molecular flexibility index (Phi) is 5.66. The van der Waals surface area contributed by atoms with Crippen molar-refractivity contribution in [1.29, 1.82) is 0 Å². The number of fused-ring (bicyclic) bond motifs is 1. The smallest absolute Gasteiger partial charge is 0.224 e. The lowest BCUT2D eigenvalue weighted by Crippen LogP contribution is -2.27. The van der Waals surface area contributed by atoms with Crippen LogP contribution in [0.5, 0.6) is 0 Å². The molecule has 0 fully saturated rings. The Labute approximate surface area is 171 Å². The molecule has 4 rings (SSSR count). The molecule has 144 valence electrons. The van der Waals surface area contributed by atoms with Crippen LogP contribution in [0.2, 0.25) is 0 Å². The van der Waals surface area contributed by atoms with Crippen molar-refractivity contribution in [3.8, 4) is 11.1 Å². The number of hydrogen-bond acceptors (Lipinski definition) is 2. The van der Waals surface area contributed by atoms with Gasteiger partial charge in [-0.05, 0) is 41.7 Å². The molecule has 3 heteroatoms. The highest BCUT2D eigenvalue weighted by atomic mass is 16.1. The fourth-order valence-corrected chi connectivity index (χ4v) is 3.74. The lowest BCUT2D eigenvalue weighted by molar-refractivity contribution is -0.120. The zero-order valence-corrected chi connectivity index (χ0v) is 16.6. The zero-order valence-electron chi connectivity index (χ0n) is 16.6. The standard InChI is InChI=1S/C26H24N2O/c1-19-23(18-25(29)27-17-16-20-10-4-2-5-11-20)26(21-12-6-3-7-13-21)22-14-8-9-15-24(22)28-19/h2-15H,16-18H2,1H3,(H,27,29). The average molecular weight is 380 g/mol. The van der Waals surface area contributed by atoms with Crippen LogP contribution < -0.4 is 5.32 Å². The van der Waals surface area contributed by atoms with Crippen LogP contribution in [0.3, 0.4) is 0 Å². The normalized spacial score (nSPS) is 10.8. The van der Waals surface area contributed by atoms with Crippen molar-refractivity contribution in [2.75, 3.05) is 6.54 Å². The van der Waals surface area contributed by atoms with E-state index in [1.165, 1.54) is 5.56 Å². The fraction of sp³-hybridized carbons (Fsp3) is 0.154. The number of rotatable bonds is 6. The number of pyridine rings is 1. The van der Waals surface area contributed by atoms with Gasteiger partial charge in [0.2, 0.25) is 5.91 Å². The highest BCUT2D eigenvalue weighted by molar-refractivity contribution is 5.98. The van der Waals surface area contributed by atoms with Gasteiger partial charge in [0.25, 0.3) is 0 Å². The lowest BCUT2D eigenvalue weighted by atomic mass is 9.92. The second-order valence-electron chi connectivity index (χ2n) is 7.20. The summed E-state index contributed by atoms with van der Waals surface area (Å²) in [6.07, 6.45) is 1.15. The van der Waals surface area contributed by atoms with E-state index >= 15 is 0 Å². The molecular formula is C26H24N2O. The largest absolute Gasteiger partial charge is 0.355 e. The molecule has 1 amide bonds. The number of aromatic nitrogens is 1. The molecule has 3 aromatic carbocycles. The van der Waals surface area contributed by atoms with Crippen molar-refractivity contribution >= 4 is 16.8 Å². The number of benzene rings is 3. The summed E-state index contributed by atoms with van der Waals surface area (Å²) in [5.41, 5.74) is 6.29. The molecule has 0 saturated carbocycles. The third-order valence-corrected chi connectivity index (χ3v) is 5.18. The van der Waals surface area contributed by atoms with Gasteiger partial charge in [-0.2, -0.15) is 0 Å². The number of nitrogens with one attached hydrogen (secondary N) is 1. The highest BCUT2D eigenvalue weighted by Crippen LogP contribution is 2.33. The van der Waals surface area contributed by atoms with Crippen LogP contribution in [0, 0.1) is 6.92 Å². The highest BCUT2D eigenvalue weighted by Gasteiger charge is 2.16. The molecule has 29 heavy (non-hydrogen) atoms. The van der Waals surface area contributed by atoms with Gasteiger partial charge in [0, 0.05) is 17.6 Å². The van der Waals surface area contributed by atoms with E-state index in [4.69, 9.17) is 4.98 Å². The molecule has 0 radical (unpaired) electrons. The molecule has 0 saturated heterocycles. The molecule has 4 aromatic rings. The van der Waals surface area contributed by atoms with E-state index < -0.39 is 0 Å². The molecule has 0 aliphatic heterocycles. The molecule has 1 N–H and O–H groups in total. The van der Waals surface area contributed by atoms with E-state index in [2.05, 4.69) is 35.6 Å². The Morgan fingerprint density at radius 2 is 1.52 bits per heavy atom. The first-order chi connectivity index (χ1) is 14.2. The van der Waals surface area contributed by atoms with Gasteiger partial charge < -0.3 is 5.32 Å². The number of carbonyl (C=O) groups excluding carboxylic acids is 1. The SMILES string of the molecule is Cc1nc2ccccc2c(-c2ccccc2)c1CC(=O)NCCc1ccccc1. The van der Waals surface area contributed by atoms with Crippen LogP contribution in [-0.2, 0) is 17.6 Å². The van der Waals surface area contributed by atoms with Crippen molar-refractivity contribution in [3.05, 3.63) is 102 Å². The zero-order chi connectivity index (χ0) is 20.1. The molecule has 1 heterocycles. The minimum Gasteiger partial charge on any atom is -0.355 e. The van der Waals surface area contributed by atoms with E-state index in [0.717, 1.165) is 39.7 Å². The first-order valence-corrected chi connectivity index (χ1v) is 9.96. The van der Waals surface area contributed by atoms with Gasteiger partial charge in [0.1, 0.15) is 0 Å². The first kappa shape index (κ1) is 18.9. The number of hydrogen-bond donors (Lipinski definition) is 1. The van der Waals surface area contributed by atoms with Crippen LogP contribution in [-0.4, -0.2) is 17.4 Å². The monoisotopic (exact) mass is 380 g/mol. The maximum absolute atomic E-state index is 12.7. The van der Waals surface area contributed by atoms with Crippen LogP contribution in [0.15, 0.2) is 84.9 Å². The van der Waals surface area contributed by atoms with Gasteiger partial charge in [-0.1, -0.05) is 78.9 Å². The Morgan fingerprint density at radius 1 is 0.862 bits per heavy atom. The Balaban J connectivity index is 1.61. The van der Waals surface area contributed by atoms with E-state index in [9.17, 15) is 4.79 Å². The van der Waals surface area contributed by atoms with Crippen LogP contribution in [0.25, 0.3) is 22.0 Å². The fourth-order valence-electron chi connectivity index (χ4n) is 3.74. The third-order valence-electron chi connectivity index (χ3n) is 5.18. The van der Waals surface area contributed by atoms with Gasteiger partial charge >= 0.3 is 0 Å². The van der Waals surface area contributed by atoms with E-state index in [-0.39, 0.29) is 5.91 Å². The van der Waals surface area contributed by atoms with E-state index in [1.54, 1.807) is 0 Å². The van der Waals surface area contributed by atoms with Crippen LogP contribution in [0.4, 0.5) is 0 Å². The molecule has 1 aromatic heterocycles. The summed E-state index contributed by atoms with van der Waals surface area (Å²) in [6.45, 7) is 2.62. The van der Waals surface area contributed by atoms with Gasteiger partial charge in [-0.15, -0.1) is 0 Å². The molecule has 0 bridgehead atoms. The number of carbonyl (C=O) groups is 1. The predicted molar refractivity (Wildman–Crippen MR) is 119 cm³/mol. The molecule has 0 unspecified atom stereocenters. The molecule has 0 aliphatic rings. The third kappa shape index (κ3) is 4.35. The summed E-state index contributed by atoms with van der Waals surface area (Å²) >= 11 is 0. The quantitative estimate of drug-likeness (QED) is 0.505. The number of aryl methyl sites for hydroxylation is 1. The minimum absolute atomic E-state index is 0.0262. The van der Waals surface area contributed by atoms with Crippen molar-refractivity contribution in [2.24, 2.45) is 0 Å². The topological polar surface area (TPSA) is 42.0 Å². The maximum atomic E-state index is 12.7. The van der Waals surface area contributed by atoms with Crippen LogP contribution in [0.1, 0.15) is 16.8 Å². The summed E-state index contributed by atoms with van der Waals surface area (Å²) in [5.74, 6) is 0.0262. The van der Waals surface area contributed by atoms with Gasteiger partial charge in [0.15, 0.2) is 0 Å². The van der Waals surface area contributed by atoms with Gasteiger partial charge in [0.05, 0.1) is 11.9 Å². The second kappa shape index (κ2) is 8.70. The Bertz CT molecular complexity index is 1120. The van der Waals surface area contributed by atoms with Crippen molar-refractivity contribution in [2.45, 2.75) is 19.8 Å². The molecule has 0 atom stereocenters. The Hall–Kier alpha value is -3.46. The van der Waals surface area contributed by atoms with Crippen molar-refractivity contribution in [1.82, 2.24) is 10.3 Å². The average Bonchev–Trinajstić information content (AvgIpc) is 2.75. The predicted octanol–water partition coefficient (Wildman–Crippen LogP) is 5.11. The van der Waals surface area contributed by atoms with Crippen molar-refractivity contribution < 1.29 is 4.79 Å². The summed E-state index contributed by atoms with van der Waals surface area (Å²) in [5, 5.41) is 4.15. The minimum atomic E-state index is 0.0262.